The highest BCUT2D eigenvalue weighted by Crippen LogP contribution is 2.16. The third-order valence-electron chi connectivity index (χ3n) is 2.64. The molecule has 0 spiro atoms. The number of imidazole rings is 1. The van der Waals surface area contributed by atoms with Gasteiger partial charge in [-0.1, -0.05) is 0 Å². The molecule has 0 saturated carbocycles. The summed E-state index contributed by atoms with van der Waals surface area (Å²) in [6.45, 7) is 2.30. The molecule has 0 saturated heterocycles. The van der Waals surface area contributed by atoms with Gasteiger partial charge in [-0.25, -0.2) is 4.98 Å². The fraction of sp³-hybridized carbons (Fsp3) is 0.417. The van der Waals surface area contributed by atoms with E-state index in [9.17, 15) is 9.59 Å². The number of fused-ring (bicyclic) bond motifs is 1. The molecule has 2 heterocycles. The highest BCUT2D eigenvalue weighted by molar-refractivity contribution is 7.15. The minimum Gasteiger partial charge on any atom is -0.481 e. The van der Waals surface area contributed by atoms with E-state index in [2.05, 4.69) is 10.3 Å². The summed E-state index contributed by atoms with van der Waals surface area (Å²) in [7, 11) is 0. The Hall–Kier alpha value is -1.89. The number of amides is 1. The smallest absolute Gasteiger partial charge is 0.303 e. The van der Waals surface area contributed by atoms with Crippen LogP contribution in [0.3, 0.4) is 0 Å². The van der Waals surface area contributed by atoms with E-state index in [1.165, 1.54) is 11.3 Å². The fourth-order valence-corrected chi connectivity index (χ4v) is 2.68. The number of aliphatic carboxylic acids is 1. The highest BCUT2D eigenvalue weighted by atomic mass is 32.1. The number of rotatable bonds is 6. The summed E-state index contributed by atoms with van der Waals surface area (Å²) >= 11 is 1.50. The largest absolute Gasteiger partial charge is 0.481 e. The zero-order chi connectivity index (χ0) is 13.8. The standard InChI is InChI=1S/C12H15N3O3S/c1-8-6-15-9(7-19-12(15)14-8)5-10(16)13-4-2-3-11(17)18/h6-7H,2-5H2,1H3,(H,13,16)(H,17,18). The molecule has 0 aliphatic rings. The molecule has 6 nitrogen and oxygen atoms in total. The third-order valence-corrected chi connectivity index (χ3v) is 3.52. The van der Waals surface area contributed by atoms with E-state index < -0.39 is 5.97 Å². The lowest BCUT2D eigenvalue weighted by Gasteiger charge is -2.03. The number of hydrogen-bond donors (Lipinski definition) is 2. The molecule has 2 aromatic rings. The van der Waals surface area contributed by atoms with Gasteiger partial charge in [-0.05, 0) is 13.3 Å². The average Bonchev–Trinajstić information content (AvgIpc) is 2.85. The molecule has 0 aromatic carbocycles. The van der Waals surface area contributed by atoms with Crippen molar-refractivity contribution in [3.8, 4) is 0 Å². The number of carboxylic acid groups (broad SMARTS) is 1. The summed E-state index contributed by atoms with van der Waals surface area (Å²) in [5, 5.41) is 13.1. The molecule has 19 heavy (non-hydrogen) atoms. The Morgan fingerprint density at radius 1 is 1.53 bits per heavy atom. The van der Waals surface area contributed by atoms with Crippen LogP contribution in [0.1, 0.15) is 24.2 Å². The van der Waals surface area contributed by atoms with E-state index in [1.54, 1.807) is 0 Å². The van der Waals surface area contributed by atoms with Gasteiger partial charge in [-0.2, -0.15) is 0 Å². The van der Waals surface area contributed by atoms with Crippen molar-refractivity contribution in [3.05, 3.63) is 23.0 Å². The lowest BCUT2D eigenvalue weighted by atomic mass is 10.3. The minimum atomic E-state index is -0.845. The second-order valence-electron chi connectivity index (χ2n) is 4.29. The summed E-state index contributed by atoms with van der Waals surface area (Å²) in [6.07, 6.45) is 2.70. The van der Waals surface area contributed by atoms with Gasteiger partial charge in [0.25, 0.3) is 0 Å². The lowest BCUT2D eigenvalue weighted by Crippen LogP contribution is -2.26. The molecule has 0 aliphatic heterocycles. The van der Waals surface area contributed by atoms with Crippen molar-refractivity contribution in [2.24, 2.45) is 0 Å². The van der Waals surface area contributed by atoms with Gasteiger partial charge in [0.05, 0.1) is 12.1 Å². The molecule has 1 amide bonds. The molecule has 0 radical (unpaired) electrons. The van der Waals surface area contributed by atoms with Crippen molar-refractivity contribution < 1.29 is 14.7 Å². The van der Waals surface area contributed by atoms with E-state index in [0.717, 1.165) is 16.3 Å². The summed E-state index contributed by atoms with van der Waals surface area (Å²) in [6, 6.07) is 0. The van der Waals surface area contributed by atoms with Crippen molar-refractivity contribution in [2.75, 3.05) is 6.54 Å². The molecule has 0 bridgehead atoms. The van der Waals surface area contributed by atoms with Crippen LogP contribution in [0.25, 0.3) is 4.96 Å². The molecule has 2 aromatic heterocycles. The maximum Gasteiger partial charge on any atom is 0.303 e. The van der Waals surface area contributed by atoms with Crippen molar-refractivity contribution in [1.29, 1.82) is 0 Å². The van der Waals surface area contributed by atoms with E-state index in [1.807, 2.05) is 22.9 Å². The number of aromatic nitrogens is 2. The van der Waals surface area contributed by atoms with Crippen LogP contribution in [0.5, 0.6) is 0 Å². The topological polar surface area (TPSA) is 83.7 Å². The Labute approximate surface area is 114 Å². The van der Waals surface area contributed by atoms with Crippen molar-refractivity contribution >= 4 is 28.2 Å². The van der Waals surface area contributed by atoms with Gasteiger partial charge in [-0.3, -0.25) is 14.0 Å². The fourth-order valence-electron chi connectivity index (χ4n) is 1.76. The minimum absolute atomic E-state index is 0.0731. The number of carboxylic acids is 1. The van der Waals surface area contributed by atoms with Gasteiger partial charge in [0.15, 0.2) is 4.96 Å². The van der Waals surface area contributed by atoms with Crippen LogP contribution in [0.15, 0.2) is 11.6 Å². The SMILES string of the molecule is Cc1cn2c(CC(=O)NCCCC(=O)O)csc2n1. The van der Waals surface area contributed by atoms with E-state index in [-0.39, 0.29) is 18.7 Å². The van der Waals surface area contributed by atoms with Crippen molar-refractivity contribution in [1.82, 2.24) is 14.7 Å². The maximum absolute atomic E-state index is 11.7. The summed E-state index contributed by atoms with van der Waals surface area (Å²) in [4.78, 5) is 27.2. The maximum atomic E-state index is 11.7. The van der Waals surface area contributed by atoms with Gasteiger partial charge in [0.1, 0.15) is 0 Å². The van der Waals surface area contributed by atoms with Crippen LogP contribution < -0.4 is 5.32 Å². The number of nitrogens with zero attached hydrogens (tertiary/aromatic N) is 2. The second-order valence-corrected chi connectivity index (χ2v) is 5.12. The summed E-state index contributed by atoms with van der Waals surface area (Å²) in [5.41, 5.74) is 1.83. The van der Waals surface area contributed by atoms with E-state index in [0.29, 0.717) is 13.0 Å². The van der Waals surface area contributed by atoms with Crippen LogP contribution in [0, 0.1) is 6.92 Å². The monoisotopic (exact) mass is 281 g/mol. The number of hydrogen-bond acceptors (Lipinski definition) is 4. The Kier molecular flexibility index (Phi) is 4.16. The molecule has 0 unspecified atom stereocenters. The molecule has 0 fully saturated rings. The van der Waals surface area contributed by atoms with Crippen LogP contribution in [0.4, 0.5) is 0 Å². The Bertz CT molecular complexity index is 602. The first-order chi connectivity index (χ1) is 9.06. The van der Waals surface area contributed by atoms with Crippen LogP contribution >= 0.6 is 11.3 Å². The quantitative estimate of drug-likeness (QED) is 0.780. The zero-order valence-electron chi connectivity index (χ0n) is 10.5. The molecule has 2 rings (SSSR count). The Morgan fingerprint density at radius 3 is 3.05 bits per heavy atom. The van der Waals surface area contributed by atoms with Gasteiger partial charge in [0.2, 0.25) is 5.91 Å². The molecular weight excluding hydrogens is 266 g/mol. The number of aryl methyl sites for hydroxylation is 1. The van der Waals surface area contributed by atoms with E-state index >= 15 is 0 Å². The molecule has 2 N–H and O–H groups in total. The van der Waals surface area contributed by atoms with Crippen LogP contribution in [0.2, 0.25) is 0 Å². The first-order valence-corrected chi connectivity index (χ1v) is 6.85. The number of carbonyl (C=O) groups excluding carboxylic acids is 1. The highest BCUT2D eigenvalue weighted by Gasteiger charge is 2.10. The summed E-state index contributed by atoms with van der Waals surface area (Å²) < 4.78 is 1.91. The second kappa shape index (κ2) is 5.83. The molecule has 7 heteroatoms. The van der Waals surface area contributed by atoms with Crippen molar-refractivity contribution in [3.63, 3.8) is 0 Å². The predicted molar refractivity (Wildman–Crippen MR) is 71.4 cm³/mol. The van der Waals surface area contributed by atoms with Gasteiger partial charge in [0, 0.05) is 30.2 Å². The molecular formula is C12H15N3O3S. The first-order valence-electron chi connectivity index (χ1n) is 5.97. The van der Waals surface area contributed by atoms with Crippen LogP contribution in [-0.2, 0) is 16.0 Å². The predicted octanol–water partition coefficient (Wildman–Crippen LogP) is 1.23. The van der Waals surface area contributed by atoms with Crippen molar-refractivity contribution in [2.45, 2.75) is 26.2 Å². The van der Waals surface area contributed by atoms with Gasteiger partial charge >= 0.3 is 5.97 Å². The zero-order valence-corrected chi connectivity index (χ0v) is 11.4. The molecule has 0 atom stereocenters. The van der Waals surface area contributed by atoms with Gasteiger partial charge < -0.3 is 10.4 Å². The number of nitrogens with one attached hydrogen (secondary N) is 1. The number of carbonyl (C=O) groups is 2. The Morgan fingerprint density at radius 2 is 2.32 bits per heavy atom. The lowest BCUT2D eigenvalue weighted by molar-refractivity contribution is -0.137. The first kappa shape index (κ1) is 13.5. The van der Waals surface area contributed by atoms with E-state index in [4.69, 9.17) is 5.11 Å². The van der Waals surface area contributed by atoms with Gasteiger partial charge in [-0.15, -0.1) is 11.3 Å². The average molecular weight is 281 g/mol. The molecule has 0 aliphatic carbocycles. The Balaban J connectivity index is 1.86. The summed E-state index contributed by atoms with van der Waals surface area (Å²) in [5.74, 6) is -0.945. The third kappa shape index (κ3) is 3.54. The van der Waals surface area contributed by atoms with Crippen LogP contribution in [-0.4, -0.2) is 32.9 Å². The number of thiazole rings is 1. The normalized spacial score (nSPS) is 10.8. The molecule has 102 valence electrons.